The number of ether oxygens (including phenoxy) is 2. The van der Waals surface area contributed by atoms with E-state index in [0.29, 0.717) is 21.2 Å². The van der Waals surface area contributed by atoms with Gasteiger partial charge in [-0.3, -0.25) is 24.6 Å². The number of carbonyl (C=O) groups is 3. The van der Waals surface area contributed by atoms with Gasteiger partial charge in [0, 0.05) is 12.1 Å². The first kappa shape index (κ1) is 27.1. The molecule has 4 aromatic carbocycles. The van der Waals surface area contributed by atoms with Gasteiger partial charge < -0.3 is 9.47 Å². The lowest BCUT2D eigenvalue weighted by atomic mass is 10.0. The number of fused-ring (bicyclic) bond motifs is 1. The second-order valence-electron chi connectivity index (χ2n) is 8.64. The zero-order chi connectivity index (χ0) is 28.4. The highest BCUT2D eigenvalue weighted by Crippen LogP contribution is 2.40. The zero-order valence-corrected chi connectivity index (χ0v) is 23.2. The molecule has 5 rings (SSSR count). The number of hydrogen-bond donors (Lipinski definition) is 0. The van der Waals surface area contributed by atoms with Crippen molar-refractivity contribution in [2.45, 2.75) is 6.54 Å². The van der Waals surface area contributed by atoms with E-state index in [0.717, 1.165) is 27.4 Å². The van der Waals surface area contributed by atoms with E-state index in [9.17, 15) is 24.5 Å². The molecule has 9 nitrogen and oxygen atoms in total. The maximum Gasteiger partial charge on any atom is 0.344 e. The Labute approximate surface area is 240 Å². The van der Waals surface area contributed by atoms with Gasteiger partial charge in [0.15, 0.2) is 11.5 Å². The van der Waals surface area contributed by atoms with Crippen LogP contribution in [-0.2, 0) is 11.3 Å². The summed E-state index contributed by atoms with van der Waals surface area (Å²) in [5.41, 5.74) is 1.44. The number of nitro benzene ring substituents is 1. The molecule has 0 N–H and O–H groups in total. The average molecular weight is 619 g/mol. The molecule has 0 bridgehead atoms. The molecule has 1 saturated heterocycles. The van der Waals surface area contributed by atoms with Crippen LogP contribution in [-0.4, -0.2) is 34.0 Å². The predicted octanol–water partition coefficient (Wildman–Crippen LogP) is 6.97. The van der Waals surface area contributed by atoms with Gasteiger partial charge in [0.2, 0.25) is 0 Å². The van der Waals surface area contributed by atoms with Crippen LogP contribution in [0.4, 0.5) is 10.5 Å². The van der Waals surface area contributed by atoms with Crippen molar-refractivity contribution in [3.8, 4) is 11.5 Å². The monoisotopic (exact) mass is 618 g/mol. The first-order chi connectivity index (χ1) is 19.2. The summed E-state index contributed by atoms with van der Waals surface area (Å²) in [6, 6.07) is 21.8. The number of methoxy groups -OCH3 is 1. The van der Waals surface area contributed by atoms with Crippen LogP contribution in [0.15, 0.2) is 88.2 Å². The van der Waals surface area contributed by atoms with Gasteiger partial charge in [0.05, 0.1) is 33.5 Å². The van der Waals surface area contributed by atoms with Crippen LogP contribution in [0.3, 0.4) is 0 Å². The Morgan fingerprint density at radius 2 is 1.77 bits per heavy atom. The molecule has 1 aliphatic heterocycles. The zero-order valence-electron chi connectivity index (χ0n) is 20.8. The smallest absolute Gasteiger partial charge is 0.344 e. The SMILES string of the molecule is COc1cc(/C=C2\SC(=O)N(Cc3ccc([N+](=O)[O-])cc3)C2=O)cc(Br)c1OC(=O)c1cccc2ccccc12. The summed E-state index contributed by atoms with van der Waals surface area (Å²) >= 11 is 4.22. The summed E-state index contributed by atoms with van der Waals surface area (Å²) in [7, 11) is 1.43. The molecular formula is C29H19BrN2O7S. The topological polar surface area (TPSA) is 116 Å². The lowest BCUT2D eigenvalue weighted by Crippen LogP contribution is -2.27. The standard InChI is InChI=1S/C29H19BrN2O7S/c1-38-24-14-18(13-23(30)26(24)39-28(34)22-8-4-6-19-5-2-3-7-21(19)22)15-25-27(33)31(29(35)40-25)16-17-9-11-20(12-10-17)32(36)37/h2-15H,16H2,1H3/b25-15-. The van der Waals surface area contributed by atoms with Gasteiger partial charge in [-0.2, -0.15) is 0 Å². The summed E-state index contributed by atoms with van der Waals surface area (Å²) in [5, 5.41) is 12.1. The van der Waals surface area contributed by atoms with Gasteiger partial charge >= 0.3 is 5.97 Å². The molecular weight excluding hydrogens is 600 g/mol. The fraction of sp³-hybridized carbons (Fsp3) is 0.0690. The van der Waals surface area contributed by atoms with Crippen molar-refractivity contribution in [2.24, 2.45) is 0 Å². The molecule has 0 unspecified atom stereocenters. The summed E-state index contributed by atoms with van der Waals surface area (Å²) in [6.45, 7) is -0.0178. The molecule has 1 fully saturated rings. The lowest BCUT2D eigenvalue weighted by molar-refractivity contribution is -0.384. The summed E-state index contributed by atoms with van der Waals surface area (Å²) in [5.74, 6) is -0.631. The largest absolute Gasteiger partial charge is 0.493 e. The van der Waals surface area contributed by atoms with Gasteiger partial charge in [-0.25, -0.2) is 4.79 Å². The van der Waals surface area contributed by atoms with E-state index in [2.05, 4.69) is 15.9 Å². The van der Waals surface area contributed by atoms with E-state index >= 15 is 0 Å². The van der Waals surface area contributed by atoms with E-state index < -0.39 is 22.0 Å². The van der Waals surface area contributed by atoms with Gasteiger partial charge in [0.25, 0.3) is 16.8 Å². The molecule has 0 atom stereocenters. The van der Waals surface area contributed by atoms with Crippen LogP contribution in [0.25, 0.3) is 16.8 Å². The molecule has 40 heavy (non-hydrogen) atoms. The van der Waals surface area contributed by atoms with Crippen molar-refractivity contribution in [1.82, 2.24) is 4.90 Å². The maximum atomic E-state index is 13.1. The molecule has 0 aliphatic carbocycles. The van der Waals surface area contributed by atoms with Crippen molar-refractivity contribution in [3.05, 3.63) is 115 Å². The van der Waals surface area contributed by atoms with Crippen LogP contribution in [0.1, 0.15) is 21.5 Å². The summed E-state index contributed by atoms with van der Waals surface area (Å²) < 4.78 is 11.6. The number of esters is 1. The Bertz CT molecular complexity index is 1710. The van der Waals surface area contributed by atoms with Gasteiger partial charge in [-0.15, -0.1) is 0 Å². The molecule has 0 aromatic heterocycles. The van der Waals surface area contributed by atoms with E-state index in [1.54, 1.807) is 30.3 Å². The fourth-order valence-electron chi connectivity index (χ4n) is 4.17. The minimum atomic E-state index is -0.559. The van der Waals surface area contributed by atoms with Gasteiger partial charge in [-0.05, 0) is 73.9 Å². The van der Waals surface area contributed by atoms with Crippen molar-refractivity contribution >= 4 is 67.3 Å². The Morgan fingerprint density at radius 3 is 2.50 bits per heavy atom. The minimum absolute atomic E-state index is 0.0178. The molecule has 11 heteroatoms. The van der Waals surface area contributed by atoms with Crippen LogP contribution in [0, 0.1) is 10.1 Å². The maximum absolute atomic E-state index is 13.1. The molecule has 2 amide bonds. The number of halogens is 1. The van der Waals surface area contributed by atoms with Crippen molar-refractivity contribution in [1.29, 1.82) is 0 Å². The van der Waals surface area contributed by atoms with Crippen molar-refractivity contribution < 1.29 is 28.8 Å². The first-order valence-electron chi connectivity index (χ1n) is 11.8. The normalized spacial score (nSPS) is 14.2. The first-order valence-corrected chi connectivity index (χ1v) is 13.4. The molecule has 4 aromatic rings. The third-order valence-corrected chi connectivity index (χ3v) is 7.61. The highest BCUT2D eigenvalue weighted by atomic mass is 79.9. The quantitative estimate of drug-likeness (QED) is 0.0716. The molecule has 1 heterocycles. The highest BCUT2D eigenvalue weighted by Gasteiger charge is 2.35. The number of non-ortho nitro benzene ring substituents is 1. The summed E-state index contributed by atoms with van der Waals surface area (Å²) in [4.78, 5) is 50.3. The van der Waals surface area contributed by atoms with Crippen LogP contribution in [0.5, 0.6) is 11.5 Å². The van der Waals surface area contributed by atoms with Crippen LogP contribution >= 0.6 is 27.7 Å². The van der Waals surface area contributed by atoms with Crippen molar-refractivity contribution in [3.63, 3.8) is 0 Å². The predicted molar refractivity (Wildman–Crippen MR) is 154 cm³/mol. The van der Waals surface area contributed by atoms with E-state index in [-0.39, 0.29) is 28.6 Å². The lowest BCUT2D eigenvalue weighted by Gasteiger charge is -2.13. The summed E-state index contributed by atoms with van der Waals surface area (Å²) in [6.07, 6.45) is 1.55. The van der Waals surface area contributed by atoms with Crippen LogP contribution < -0.4 is 9.47 Å². The molecule has 0 radical (unpaired) electrons. The number of amides is 2. The Morgan fingerprint density at radius 1 is 1.05 bits per heavy atom. The number of thioether (sulfide) groups is 1. The van der Waals surface area contributed by atoms with E-state index in [1.165, 1.54) is 31.4 Å². The molecule has 0 saturated carbocycles. The van der Waals surface area contributed by atoms with Gasteiger partial charge in [-0.1, -0.05) is 48.5 Å². The van der Waals surface area contributed by atoms with Gasteiger partial charge in [0.1, 0.15) is 0 Å². The number of imide groups is 1. The highest BCUT2D eigenvalue weighted by molar-refractivity contribution is 9.10. The second kappa shape index (κ2) is 11.3. The number of nitro groups is 1. The Kier molecular flexibility index (Phi) is 7.67. The minimum Gasteiger partial charge on any atom is -0.493 e. The average Bonchev–Trinajstić information content (AvgIpc) is 3.21. The second-order valence-corrected chi connectivity index (χ2v) is 10.5. The number of rotatable bonds is 7. The van der Waals surface area contributed by atoms with Crippen molar-refractivity contribution in [2.75, 3.05) is 7.11 Å². The third-order valence-electron chi connectivity index (χ3n) is 6.12. The molecule has 0 spiro atoms. The third kappa shape index (κ3) is 5.47. The number of nitrogens with zero attached hydrogens (tertiary/aromatic N) is 2. The molecule has 200 valence electrons. The Hall–Kier alpha value is -4.48. The van der Waals surface area contributed by atoms with E-state index in [1.807, 2.05) is 30.3 Å². The molecule has 1 aliphatic rings. The number of benzene rings is 4. The number of carbonyl (C=O) groups excluding carboxylic acids is 3. The van der Waals surface area contributed by atoms with E-state index in [4.69, 9.17) is 9.47 Å². The number of hydrogen-bond acceptors (Lipinski definition) is 8. The fourth-order valence-corrected chi connectivity index (χ4v) is 5.55. The Balaban J connectivity index is 1.37. The van der Waals surface area contributed by atoms with Crippen LogP contribution in [0.2, 0.25) is 0 Å².